The van der Waals surface area contributed by atoms with E-state index >= 15 is 0 Å². The average molecular weight is 625 g/mol. The summed E-state index contributed by atoms with van der Waals surface area (Å²) in [5, 5.41) is 14.6. The number of aliphatic imine (C=N–C) groups is 1. The van der Waals surface area contributed by atoms with E-state index in [0.717, 1.165) is 17.8 Å². The van der Waals surface area contributed by atoms with Crippen molar-refractivity contribution >= 4 is 77.9 Å². The van der Waals surface area contributed by atoms with Crippen LogP contribution in [0.5, 0.6) is 11.5 Å². The van der Waals surface area contributed by atoms with Crippen LogP contribution in [0.15, 0.2) is 79.9 Å². The number of amidine groups is 1. The molecule has 3 aromatic rings. The molecular weight excluding hydrogens is 610 g/mol. The molecule has 3 aromatic carbocycles. The number of halogens is 2. The summed E-state index contributed by atoms with van der Waals surface area (Å²) < 4.78 is 36.4. The molecule has 10 nitrogen and oxygen atoms in total. The van der Waals surface area contributed by atoms with Crippen molar-refractivity contribution in [1.29, 1.82) is 0 Å². The van der Waals surface area contributed by atoms with Crippen molar-refractivity contribution in [3.05, 3.63) is 90.7 Å². The molecule has 1 aliphatic rings. The molecule has 4 rings (SSSR count). The van der Waals surface area contributed by atoms with Crippen LogP contribution in [0.1, 0.15) is 5.56 Å². The van der Waals surface area contributed by atoms with Gasteiger partial charge in [0.1, 0.15) is 4.90 Å². The highest BCUT2D eigenvalue weighted by Crippen LogP contribution is 2.40. The Morgan fingerprint density at radius 2 is 1.89 bits per heavy atom. The quantitative estimate of drug-likeness (QED) is 0.153. The maximum Gasteiger partial charge on any atom is 0.339 e. The largest absolute Gasteiger partial charge is 0.493 e. The number of thioether (sulfide) groups is 1. The van der Waals surface area contributed by atoms with E-state index in [9.17, 15) is 23.3 Å². The van der Waals surface area contributed by atoms with Gasteiger partial charge in [0.15, 0.2) is 16.7 Å². The molecule has 0 radical (unpaired) electrons. The second-order valence-corrected chi connectivity index (χ2v) is 11.2. The summed E-state index contributed by atoms with van der Waals surface area (Å²) in [7, 11) is -3.11. The van der Waals surface area contributed by atoms with Gasteiger partial charge in [-0.05, 0) is 81.8 Å². The fourth-order valence-corrected chi connectivity index (χ4v) is 5.69. The van der Waals surface area contributed by atoms with Crippen LogP contribution >= 0.6 is 39.3 Å². The molecule has 0 spiro atoms. The number of hydrogen-bond acceptors (Lipinski definition) is 9. The molecule has 14 heteroatoms. The number of amides is 1. The minimum Gasteiger partial charge on any atom is -0.493 e. The highest BCUT2D eigenvalue weighted by atomic mass is 79.9. The van der Waals surface area contributed by atoms with E-state index < -0.39 is 25.6 Å². The minimum absolute atomic E-state index is 0.0497. The number of carbonyl (C=O) groups excluding carboxylic acids is 1. The van der Waals surface area contributed by atoms with E-state index in [4.69, 9.17) is 20.5 Å². The van der Waals surface area contributed by atoms with Crippen molar-refractivity contribution in [3.63, 3.8) is 0 Å². The molecule has 1 fully saturated rings. The maximum atomic E-state index is 12.8. The molecule has 190 valence electrons. The van der Waals surface area contributed by atoms with Crippen molar-refractivity contribution < 1.29 is 27.1 Å². The van der Waals surface area contributed by atoms with E-state index in [1.54, 1.807) is 30.3 Å². The molecule has 0 aromatic heterocycles. The molecule has 1 heterocycles. The lowest BCUT2D eigenvalue weighted by Crippen LogP contribution is -2.19. The number of methoxy groups -OCH3 is 1. The van der Waals surface area contributed by atoms with Crippen LogP contribution < -0.4 is 14.2 Å². The molecule has 1 N–H and O–H groups in total. The van der Waals surface area contributed by atoms with Crippen LogP contribution in [0.25, 0.3) is 6.08 Å². The fraction of sp³-hybridized carbons (Fsp3) is 0.0435. The minimum atomic E-state index is -4.43. The second-order valence-electron chi connectivity index (χ2n) is 7.28. The van der Waals surface area contributed by atoms with Gasteiger partial charge in [-0.25, -0.2) is 4.99 Å². The predicted octanol–water partition coefficient (Wildman–Crippen LogP) is 5.68. The number of nitrogens with zero attached hydrogens (tertiary/aromatic N) is 2. The van der Waals surface area contributed by atoms with E-state index in [0.29, 0.717) is 26.3 Å². The number of non-ortho nitro benzene ring substituents is 1. The zero-order valence-corrected chi connectivity index (χ0v) is 22.7. The Kier molecular flexibility index (Phi) is 7.87. The lowest BCUT2D eigenvalue weighted by molar-refractivity contribution is -0.385. The third-order valence-corrected chi connectivity index (χ3v) is 7.74. The number of nitro groups is 1. The second kappa shape index (κ2) is 10.9. The molecule has 1 aliphatic heterocycles. The number of ether oxygens (including phenoxy) is 1. The predicted molar refractivity (Wildman–Crippen MR) is 144 cm³/mol. The Balaban J connectivity index is 1.61. The van der Waals surface area contributed by atoms with Crippen molar-refractivity contribution in [2.75, 3.05) is 7.11 Å². The van der Waals surface area contributed by atoms with Gasteiger partial charge in [-0.3, -0.25) is 14.9 Å². The van der Waals surface area contributed by atoms with Gasteiger partial charge in [-0.15, -0.1) is 0 Å². The van der Waals surface area contributed by atoms with Gasteiger partial charge in [0, 0.05) is 17.2 Å². The summed E-state index contributed by atoms with van der Waals surface area (Å²) >= 11 is 10.3. The van der Waals surface area contributed by atoms with Crippen LogP contribution in [-0.2, 0) is 14.9 Å². The normalized spacial score (nSPS) is 15.6. The number of rotatable bonds is 7. The molecule has 0 atom stereocenters. The maximum absolute atomic E-state index is 12.8. The first-order valence-electron chi connectivity index (χ1n) is 10.2. The smallest absolute Gasteiger partial charge is 0.339 e. The number of benzene rings is 3. The first-order chi connectivity index (χ1) is 17.6. The molecule has 1 saturated heterocycles. The van der Waals surface area contributed by atoms with E-state index in [2.05, 4.69) is 26.2 Å². The van der Waals surface area contributed by atoms with Gasteiger partial charge in [0.05, 0.1) is 27.1 Å². The Bertz CT molecular complexity index is 1580. The standard InChI is InChI=1S/C23H15BrClN3O7S2/c1-34-19-10-13(11-20-22(29)27-23(36-20)26-15-7-5-14(25)6-8-15)9-18(24)21(19)35-37(32,33)17-4-2-3-16(12-17)28(30)31/h2-12H,1H3,(H,26,27,29)/b20-11-. The van der Waals surface area contributed by atoms with Crippen LogP contribution in [0, 0.1) is 10.1 Å². The Morgan fingerprint density at radius 3 is 2.57 bits per heavy atom. The van der Waals surface area contributed by atoms with Crippen LogP contribution in [-0.4, -0.2) is 31.5 Å². The van der Waals surface area contributed by atoms with Crippen molar-refractivity contribution in [3.8, 4) is 11.5 Å². The van der Waals surface area contributed by atoms with Crippen LogP contribution in [0.4, 0.5) is 11.4 Å². The summed E-state index contributed by atoms with van der Waals surface area (Å²) in [4.78, 5) is 27.1. The zero-order chi connectivity index (χ0) is 26.7. The number of hydrogen-bond donors (Lipinski definition) is 1. The Hall–Kier alpha value is -3.39. The monoisotopic (exact) mass is 623 g/mol. The zero-order valence-electron chi connectivity index (χ0n) is 18.7. The summed E-state index contributed by atoms with van der Waals surface area (Å²) in [6.45, 7) is 0. The van der Waals surface area contributed by atoms with Gasteiger partial charge < -0.3 is 14.2 Å². The SMILES string of the molecule is COc1cc(/C=C2\SC(=Nc3ccc(Cl)cc3)NC2=O)cc(Br)c1OS(=O)(=O)c1cccc([N+](=O)[O-])c1. The summed E-state index contributed by atoms with van der Waals surface area (Å²) in [6.07, 6.45) is 1.58. The molecular formula is C23H15BrClN3O7S2. The van der Waals surface area contributed by atoms with Gasteiger partial charge in [0.2, 0.25) is 0 Å². The number of carbonyl (C=O) groups is 1. The van der Waals surface area contributed by atoms with Gasteiger partial charge >= 0.3 is 10.1 Å². The lowest BCUT2D eigenvalue weighted by Gasteiger charge is -2.13. The summed E-state index contributed by atoms with van der Waals surface area (Å²) in [6, 6.07) is 14.3. The average Bonchev–Trinajstić information content (AvgIpc) is 3.20. The van der Waals surface area contributed by atoms with E-state index in [1.807, 2.05) is 0 Å². The lowest BCUT2D eigenvalue weighted by atomic mass is 10.2. The van der Waals surface area contributed by atoms with Crippen molar-refractivity contribution in [2.45, 2.75) is 4.90 Å². The highest BCUT2D eigenvalue weighted by molar-refractivity contribution is 9.10. The van der Waals surface area contributed by atoms with E-state index in [1.165, 1.54) is 37.4 Å². The molecule has 1 amide bonds. The number of nitro benzene ring substituents is 1. The third-order valence-electron chi connectivity index (χ3n) is 4.77. The first kappa shape index (κ1) is 26.7. The van der Waals surface area contributed by atoms with Crippen LogP contribution in [0.3, 0.4) is 0 Å². The Morgan fingerprint density at radius 1 is 1.16 bits per heavy atom. The van der Waals surface area contributed by atoms with Gasteiger partial charge in [0.25, 0.3) is 11.6 Å². The highest BCUT2D eigenvalue weighted by Gasteiger charge is 2.26. The molecule has 0 aliphatic carbocycles. The van der Waals surface area contributed by atoms with E-state index in [-0.39, 0.29) is 21.9 Å². The van der Waals surface area contributed by atoms with Gasteiger partial charge in [-0.2, -0.15) is 8.42 Å². The molecule has 0 saturated carbocycles. The van der Waals surface area contributed by atoms with Crippen molar-refractivity contribution in [1.82, 2.24) is 5.32 Å². The molecule has 0 bridgehead atoms. The topological polar surface area (TPSA) is 137 Å². The first-order valence-corrected chi connectivity index (χ1v) is 13.6. The fourth-order valence-electron chi connectivity index (χ4n) is 3.08. The van der Waals surface area contributed by atoms with Crippen LogP contribution in [0.2, 0.25) is 5.02 Å². The number of nitrogens with one attached hydrogen (secondary N) is 1. The van der Waals surface area contributed by atoms with Crippen molar-refractivity contribution in [2.24, 2.45) is 4.99 Å². The summed E-state index contributed by atoms with van der Waals surface area (Å²) in [5.74, 6) is -0.472. The molecule has 37 heavy (non-hydrogen) atoms. The van der Waals surface area contributed by atoms with Gasteiger partial charge in [-0.1, -0.05) is 17.7 Å². The Labute approximate surface area is 228 Å². The summed E-state index contributed by atoms with van der Waals surface area (Å²) in [5.41, 5.74) is 0.725. The molecule has 0 unspecified atom stereocenters. The third kappa shape index (κ3) is 6.31.